The van der Waals surface area contributed by atoms with Gasteiger partial charge in [-0.15, -0.1) is 0 Å². The monoisotopic (exact) mass is 314 g/mol. The molecule has 120 valence electrons. The van der Waals surface area contributed by atoms with Crippen LogP contribution in [0.3, 0.4) is 0 Å². The number of anilines is 1. The van der Waals surface area contributed by atoms with Crippen molar-refractivity contribution in [1.29, 1.82) is 0 Å². The van der Waals surface area contributed by atoms with Crippen LogP contribution in [0.1, 0.15) is 25.7 Å². The molecule has 3 rings (SSSR count). The molecule has 7 heteroatoms. The molecule has 1 amide bonds. The molecule has 0 aromatic heterocycles. The number of hydrogen-bond acceptors (Lipinski definition) is 3. The van der Waals surface area contributed by atoms with Crippen molar-refractivity contribution in [3.8, 4) is 5.75 Å². The van der Waals surface area contributed by atoms with Crippen LogP contribution in [0.2, 0.25) is 0 Å². The van der Waals surface area contributed by atoms with E-state index in [0.717, 1.165) is 25.3 Å². The highest BCUT2D eigenvalue weighted by atomic mass is 19.3. The van der Waals surface area contributed by atoms with Crippen LogP contribution in [-0.2, 0) is 4.79 Å². The van der Waals surface area contributed by atoms with Crippen LogP contribution in [0.4, 0.5) is 18.9 Å². The lowest BCUT2D eigenvalue weighted by molar-refractivity contribution is -0.118. The molecule has 2 aliphatic rings. The second-order valence-corrected chi connectivity index (χ2v) is 5.80. The number of carbonyl (C=O) groups excluding carboxylic acids is 1. The summed E-state index contributed by atoms with van der Waals surface area (Å²) in [6.07, 6.45) is 2.42. The lowest BCUT2D eigenvalue weighted by Gasteiger charge is -2.26. The molecule has 4 nitrogen and oxygen atoms in total. The molecule has 1 aliphatic carbocycles. The summed E-state index contributed by atoms with van der Waals surface area (Å²) in [5.74, 6) is -3.90. The second kappa shape index (κ2) is 5.79. The molecule has 1 aromatic rings. The van der Waals surface area contributed by atoms with Crippen LogP contribution in [0.25, 0.3) is 0 Å². The number of nitrogens with one attached hydrogen (secondary N) is 2. The number of hydrogen-bond donors (Lipinski definition) is 2. The molecule has 22 heavy (non-hydrogen) atoms. The third-order valence-corrected chi connectivity index (χ3v) is 3.97. The number of benzene rings is 1. The maximum atomic E-state index is 13.9. The van der Waals surface area contributed by atoms with Gasteiger partial charge in [0.25, 0.3) is 5.92 Å². The maximum absolute atomic E-state index is 13.9. The highest BCUT2D eigenvalue weighted by molar-refractivity contribution is 5.95. The normalized spacial score (nSPS) is 23.9. The Balaban J connectivity index is 1.60. The fraction of sp³-hybridized carbons (Fsp3) is 0.533. The molecule has 0 bridgehead atoms. The predicted molar refractivity (Wildman–Crippen MR) is 74.7 cm³/mol. The van der Waals surface area contributed by atoms with Crippen LogP contribution >= 0.6 is 0 Å². The van der Waals surface area contributed by atoms with E-state index in [2.05, 4.69) is 10.6 Å². The topological polar surface area (TPSA) is 50.4 Å². The van der Waals surface area contributed by atoms with Gasteiger partial charge < -0.3 is 10.1 Å². The minimum absolute atomic E-state index is 0.0554. The Hall–Kier alpha value is -1.76. The van der Waals surface area contributed by atoms with E-state index < -0.39 is 36.7 Å². The highest BCUT2D eigenvalue weighted by Crippen LogP contribution is 2.29. The van der Waals surface area contributed by atoms with E-state index in [-0.39, 0.29) is 17.5 Å². The smallest absolute Gasteiger partial charge is 0.262 e. The van der Waals surface area contributed by atoms with Crippen molar-refractivity contribution in [3.05, 3.63) is 24.0 Å². The van der Waals surface area contributed by atoms with Gasteiger partial charge in [-0.1, -0.05) is 0 Å². The van der Waals surface area contributed by atoms with Gasteiger partial charge in [-0.3, -0.25) is 10.1 Å². The fourth-order valence-corrected chi connectivity index (χ4v) is 2.47. The summed E-state index contributed by atoms with van der Waals surface area (Å²) >= 11 is 0. The second-order valence-electron chi connectivity index (χ2n) is 5.80. The molecule has 1 aromatic carbocycles. The number of halogens is 3. The summed E-state index contributed by atoms with van der Waals surface area (Å²) < 4.78 is 45.5. The third kappa shape index (κ3) is 3.35. The van der Waals surface area contributed by atoms with Gasteiger partial charge in [0.1, 0.15) is 0 Å². The van der Waals surface area contributed by atoms with E-state index in [1.165, 1.54) is 12.1 Å². The first-order valence-electron chi connectivity index (χ1n) is 7.31. The van der Waals surface area contributed by atoms with Crippen molar-refractivity contribution in [3.63, 3.8) is 0 Å². The zero-order chi connectivity index (χ0) is 15.7. The first-order valence-corrected chi connectivity index (χ1v) is 7.31. The summed E-state index contributed by atoms with van der Waals surface area (Å²) in [6.45, 7) is -0.520. The standard InChI is InChI=1S/C15H17F3N2O2/c16-11-6-9(4-5-13(11)22-10-2-1-3-10)20-14(21)12-7-15(17,18)8-19-12/h4-6,10,12,19H,1-3,7-8H2,(H,20,21). The molecule has 2 fully saturated rings. The van der Waals surface area contributed by atoms with Gasteiger partial charge in [-0.05, 0) is 31.4 Å². The number of alkyl halides is 2. The van der Waals surface area contributed by atoms with Crippen LogP contribution in [0.15, 0.2) is 18.2 Å². The summed E-state index contributed by atoms with van der Waals surface area (Å²) in [7, 11) is 0. The minimum atomic E-state index is -2.88. The average Bonchev–Trinajstić information content (AvgIpc) is 2.76. The molecule has 1 aliphatic heterocycles. The Morgan fingerprint density at radius 2 is 2.14 bits per heavy atom. The fourth-order valence-electron chi connectivity index (χ4n) is 2.47. The molecule has 1 unspecified atom stereocenters. The van der Waals surface area contributed by atoms with Crippen molar-refractivity contribution >= 4 is 11.6 Å². The van der Waals surface area contributed by atoms with Crippen molar-refractivity contribution in [2.24, 2.45) is 0 Å². The highest BCUT2D eigenvalue weighted by Gasteiger charge is 2.42. The maximum Gasteiger partial charge on any atom is 0.262 e. The van der Waals surface area contributed by atoms with E-state index in [1.54, 1.807) is 0 Å². The Morgan fingerprint density at radius 3 is 2.68 bits per heavy atom. The van der Waals surface area contributed by atoms with E-state index in [9.17, 15) is 18.0 Å². The number of ether oxygens (including phenoxy) is 1. The van der Waals surface area contributed by atoms with E-state index in [0.29, 0.717) is 0 Å². The first-order chi connectivity index (χ1) is 10.4. The van der Waals surface area contributed by atoms with Gasteiger partial charge in [-0.2, -0.15) is 0 Å². The molecule has 2 N–H and O–H groups in total. The van der Waals surface area contributed by atoms with Gasteiger partial charge in [-0.25, -0.2) is 13.2 Å². The summed E-state index contributed by atoms with van der Waals surface area (Å²) in [5, 5.41) is 4.89. The predicted octanol–water partition coefficient (Wildman–Crippen LogP) is 2.69. The van der Waals surface area contributed by atoms with Crippen molar-refractivity contribution < 1.29 is 22.7 Å². The van der Waals surface area contributed by atoms with E-state index in [4.69, 9.17) is 4.74 Å². The Labute approximate surface area is 126 Å². The number of carbonyl (C=O) groups is 1. The van der Waals surface area contributed by atoms with Gasteiger partial charge in [0.05, 0.1) is 18.7 Å². The average molecular weight is 314 g/mol. The molecule has 1 atom stereocenters. The lowest BCUT2D eigenvalue weighted by Crippen LogP contribution is -2.35. The van der Waals surface area contributed by atoms with Crippen LogP contribution < -0.4 is 15.4 Å². The lowest BCUT2D eigenvalue weighted by atomic mass is 9.96. The Bertz CT molecular complexity index is 576. The zero-order valence-electron chi connectivity index (χ0n) is 11.9. The quantitative estimate of drug-likeness (QED) is 0.898. The minimum Gasteiger partial charge on any atom is -0.487 e. The first kappa shape index (κ1) is 15.1. The molecular formula is C15H17F3N2O2. The van der Waals surface area contributed by atoms with Gasteiger partial charge in [0, 0.05) is 18.2 Å². The molecule has 1 saturated carbocycles. The third-order valence-electron chi connectivity index (χ3n) is 3.97. The number of amides is 1. The van der Waals surface area contributed by atoms with Gasteiger partial charge in [0.2, 0.25) is 5.91 Å². The van der Waals surface area contributed by atoms with Crippen molar-refractivity contribution in [1.82, 2.24) is 5.32 Å². The molecule has 1 saturated heterocycles. The van der Waals surface area contributed by atoms with Crippen molar-refractivity contribution in [2.45, 2.75) is 43.8 Å². The van der Waals surface area contributed by atoms with Crippen LogP contribution in [0, 0.1) is 5.82 Å². The largest absolute Gasteiger partial charge is 0.487 e. The summed E-state index contributed by atoms with van der Waals surface area (Å²) in [4.78, 5) is 11.9. The zero-order valence-corrected chi connectivity index (χ0v) is 11.9. The molecule has 0 radical (unpaired) electrons. The van der Waals surface area contributed by atoms with Crippen LogP contribution in [0.5, 0.6) is 5.75 Å². The Kier molecular flexibility index (Phi) is 3.99. The van der Waals surface area contributed by atoms with Crippen LogP contribution in [-0.4, -0.2) is 30.5 Å². The summed E-state index contributed by atoms with van der Waals surface area (Å²) in [6, 6.07) is 3.12. The van der Waals surface area contributed by atoms with E-state index in [1.807, 2.05) is 0 Å². The number of rotatable bonds is 4. The summed E-state index contributed by atoms with van der Waals surface area (Å²) in [5.41, 5.74) is 0.223. The van der Waals surface area contributed by atoms with Gasteiger partial charge in [0.15, 0.2) is 11.6 Å². The van der Waals surface area contributed by atoms with Gasteiger partial charge >= 0.3 is 0 Å². The SMILES string of the molecule is O=C(Nc1ccc(OC2CCC2)c(F)c1)C1CC(F)(F)CN1. The molecule has 0 spiro atoms. The molecule has 1 heterocycles. The van der Waals surface area contributed by atoms with Crippen molar-refractivity contribution in [2.75, 3.05) is 11.9 Å². The van der Waals surface area contributed by atoms with E-state index >= 15 is 0 Å². The Morgan fingerprint density at radius 1 is 1.36 bits per heavy atom. The molecular weight excluding hydrogens is 297 g/mol.